The second kappa shape index (κ2) is 3.14. The monoisotopic (exact) mass is 154 g/mol. The average Bonchev–Trinajstić information content (AvgIpc) is 2.46. The van der Waals surface area contributed by atoms with E-state index in [-0.39, 0.29) is 0 Å². The fourth-order valence-electron chi connectivity index (χ4n) is 2.87. The van der Waals surface area contributed by atoms with E-state index in [4.69, 9.17) is 4.74 Å². The van der Waals surface area contributed by atoms with Crippen LogP contribution in [0.5, 0.6) is 0 Å². The number of ether oxygens (including phenoxy) is 1. The molecule has 0 aromatic carbocycles. The lowest BCUT2D eigenvalue weighted by molar-refractivity contribution is 0.103. The SMILES string of the molecule is COC1CC2CCCCC2C1. The molecule has 11 heavy (non-hydrogen) atoms. The van der Waals surface area contributed by atoms with Crippen LogP contribution in [0.2, 0.25) is 0 Å². The topological polar surface area (TPSA) is 9.23 Å². The van der Waals surface area contributed by atoms with Gasteiger partial charge in [-0.05, 0) is 24.7 Å². The molecule has 1 nitrogen and oxygen atoms in total. The van der Waals surface area contributed by atoms with Crippen LogP contribution < -0.4 is 0 Å². The molecule has 0 aromatic heterocycles. The maximum absolute atomic E-state index is 5.40. The molecule has 2 fully saturated rings. The van der Waals surface area contributed by atoms with Crippen molar-refractivity contribution < 1.29 is 4.74 Å². The third-order valence-corrected chi connectivity index (χ3v) is 3.53. The predicted octanol–water partition coefficient (Wildman–Crippen LogP) is 2.60. The van der Waals surface area contributed by atoms with Gasteiger partial charge in [0.2, 0.25) is 0 Å². The summed E-state index contributed by atoms with van der Waals surface area (Å²) in [5.74, 6) is 2.04. The van der Waals surface area contributed by atoms with E-state index in [1.165, 1.54) is 38.5 Å². The zero-order chi connectivity index (χ0) is 7.68. The van der Waals surface area contributed by atoms with Gasteiger partial charge in [0.1, 0.15) is 0 Å². The quantitative estimate of drug-likeness (QED) is 0.564. The summed E-state index contributed by atoms with van der Waals surface area (Å²) in [4.78, 5) is 0. The van der Waals surface area contributed by atoms with Gasteiger partial charge in [-0.3, -0.25) is 0 Å². The summed E-state index contributed by atoms with van der Waals surface area (Å²) >= 11 is 0. The van der Waals surface area contributed by atoms with E-state index in [0.29, 0.717) is 6.10 Å². The Labute approximate surface area is 69.1 Å². The van der Waals surface area contributed by atoms with Crippen LogP contribution in [0, 0.1) is 11.8 Å². The molecule has 64 valence electrons. The van der Waals surface area contributed by atoms with Gasteiger partial charge in [-0.15, -0.1) is 0 Å². The highest BCUT2D eigenvalue weighted by Crippen LogP contribution is 2.42. The van der Waals surface area contributed by atoms with E-state index >= 15 is 0 Å². The maximum atomic E-state index is 5.40. The van der Waals surface area contributed by atoms with Crippen LogP contribution in [-0.4, -0.2) is 13.2 Å². The molecule has 2 atom stereocenters. The summed E-state index contributed by atoms with van der Waals surface area (Å²) in [7, 11) is 1.86. The molecule has 2 aliphatic rings. The van der Waals surface area contributed by atoms with Crippen LogP contribution in [0.1, 0.15) is 38.5 Å². The summed E-state index contributed by atoms with van der Waals surface area (Å²) in [5, 5.41) is 0. The van der Waals surface area contributed by atoms with Crippen molar-refractivity contribution in [2.24, 2.45) is 11.8 Å². The molecule has 1 heteroatoms. The highest BCUT2D eigenvalue weighted by atomic mass is 16.5. The van der Waals surface area contributed by atoms with Crippen molar-refractivity contribution in [1.29, 1.82) is 0 Å². The standard InChI is InChI=1S/C10H18O/c1-11-10-6-8-4-2-3-5-9(8)7-10/h8-10H,2-7H2,1H3. The van der Waals surface area contributed by atoms with Crippen molar-refractivity contribution >= 4 is 0 Å². The number of fused-ring (bicyclic) bond motifs is 1. The summed E-state index contributed by atoms with van der Waals surface area (Å²) in [6, 6.07) is 0. The van der Waals surface area contributed by atoms with E-state index in [1.807, 2.05) is 7.11 Å². The molecule has 0 saturated heterocycles. The van der Waals surface area contributed by atoms with Crippen LogP contribution in [0.4, 0.5) is 0 Å². The van der Waals surface area contributed by atoms with Crippen molar-refractivity contribution in [3.63, 3.8) is 0 Å². The first-order chi connectivity index (χ1) is 5.40. The van der Waals surface area contributed by atoms with Gasteiger partial charge in [-0.1, -0.05) is 25.7 Å². The minimum absolute atomic E-state index is 0.600. The van der Waals surface area contributed by atoms with Gasteiger partial charge in [-0.25, -0.2) is 0 Å². The van der Waals surface area contributed by atoms with Crippen molar-refractivity contribution in [1.82, 2.24) is 0 Å². The van der Waals surface area contributed by atoms with Gasteiger partial charge in [0.15, 0.2) is 0 Å². The Hall–Kier alpha value is -0.0400. The second-order valence-corrected chi connectivity index (χ2v) is 4.13. The first-order valence-corrected chi connectivity index (χ1v) is 4.93. The zero-order valence-electron chi connectivity index (χ0n) is 7.38. The molecule has 0 radical (unpaired) electrons. The van der Waals surface area contributed by atoms with Crippen LogP contribution in [-0.2, 0) is 4.74 Å². The van der Waals surface area contributed by atoms with E-state index in [1.54, 1.807) is 0 Å². The number of methoxy groups -OCH3 is 1. The molecule has 0 spiro atoms. The fraction of sp³-hybridized carbons (Fsp3) is 1.00. The Morgan fingerprint density at radius 3 is 2.00 bits per heavy atom. The van der Waals surface area contributed by atoms with E-state index < -0.39 is 0 Å². The number of hydrogen-bond donors (Lipinski definition) is 0. The Balaban J connectivity index is 1.92. The van der Waals surface area contributed by atoms with Crippen molar-refractivity contribution in [2.75, 3.05) is 7.11 Å². The van der Waals surface area contributed by atoms with Crippen LogP contribution in [0.3, 0.4) is 0 Å². The molecule has 0 N–H and O–H groups in total. The fourth-order valence-corrected chi connectivity index (χ4v) is 2.87. The minimum Gasteiger partial charge on any atom is -0.381 e. The van der Waals surface area contributed by atoms with Crippen LogP contribution in [0.25, 0.3) is 0 Å². The van der Waals surface area contributed by atoms with Gasteiger partial charge < -0.3 is 4.74 Å². The molecule has 0 aromatic rings. The lowest BCUT2D eigenvalue weighted by Crippen LogP contribution is -2.12. The lowest BCUT2D eigenvalue weighted by atomic mass is 9.82. The molecule has 0 heterocycles. The van der Waals surface area contributed by atoms with Crippen molar-refractivity contribution in [3.8, 4) is 0 Å². The molecule has 2 rings (SSSR count). The van der Waals surface area contributed by atoms with Gasteiger partial charge in [0, 0.05) is 7.11 Å². The molecular formula is C10H18O. The minimum atomic E-state index is 0.600. The van der Waals surface area contributed by atoms with Gasteiger partial charge in [0.25, 0.3) is 0 Å². The predicted molar refractivity (Wildman–Crippen MR) is 45.5 cm³/mol. The third kappa shape index (κ3) is 1.44. The largest absolute Gasteiger partial charge is 0.381 e. The summed E-state index contributed by atoms with van der Waals surface area (Å²) in [6.45, 7) is 0. The first kappa shape index (κ1) is 7.60. The molecule has 2 aliphatic carbocycles. The van der Waals surface area contributed by atoms with E-state index in [9.17, 15) is 0 Å². The van der Waals surface area contributed by atoms with Crippen LogP contribution >= 0.6 is 0 Å². The Morgan fingerprint density at radius 1 is 1.00 bits per heavy atom. The van der Waals surface area contributed by atoms with E-state index in [0.717, 1.165) is 11.8 Å². The normalized spacial score (nSPS) is 43.9. The Morgan fingerprint density at radius 2 is 1.55 bits per heavy atom. The van der Waals surface area contributed by atoms with Gasteiger partial charge in [-0.2, -0.15) is 0 Å². The van der Waals surface area contributed by atoms with Crippen molar-refractivity contribution in [2.45, 2.75) is 44.6 Å². The molecule has 0 bridgehead atoms. The lowest BCUT2D eigenvalue weighted by Gasteiger charge is -2.23. The maximum Gasteiger partial charge on any atom is 0.0576 e. The second-order valence-electron chi connectivity index (χ2n) is 4.13. The van der Waals surface area contributed by atoms with Crippen molar-refractivity contribution in [3.05, 3.63) is 0 Å². The molecule has 0 amide bonds. The van der Waals surface area contributed by atoms with E-state index in [2.05, 4.69) is 0 Å². The zero-order valence-corrected chi connectivity index (χ0v) is 7.38. The number of hydrogen-bond acceptors (Lipinski definition) is 1. The highest BCUT2D eigenvalue weighted by molar-refractivity contribution is 4.86. The first-order valence-electron chi connectivity index (χ1n) is 4.93. The Kier molecular flexibility index (Phi) is 2.17. The van der Waals surface area contributed by atoms with Crippen LogP contribution in [0.15, 0.2) is 0 Å². The molecule has 0 aliphatic heterocycles. The average molecular weight is 154 g/mol. The third-order valence-electron chi connectivity index (χ3n) is 3.53. The summed E-state index contributed by atoms with van der Waals surface area (Å²) < 4.78 is 5.40. The smallest absolute Gasteiger partial charge is 0.0576 e. The summed E-state index contributed by atoms with van der Waals surface area (Å²) in [6.07, 6.45) is 9.19. The molecule has 2 unspecified atom stereocenters. The molecular weight excluding hydrogens is 136 g/mol. The highest BCUT2D eigenvalue weighted by Gasteiger charge is 2.35. The summed E-state index contributed by atoms with van der Waals surface area (Å²) in [5.41, 5.74) is 0. The number of rotatable bonds is 1. The Bertz CT molecular complexity index is 119. The van der Waals surface area contributed by atoms with Gasteiger partial charge >= 0.3 is 0 Å². The molecule has 2 saturated carbocycles. The van der Waals surface area contributed by atoms with Gasteiger partial charge in [0.05, 0.1) is 6.10 Å².